The van der Waals surface area contributed by atoms with Gasteiger partial charge in [-0.15, -0.1) is 0 Å². The molecule has 5 heteroatoms. The molecule has 0 aliphatic rings. The lowest BCUT2D eigenvalue weighted by atomic mass is 10.2. The van der Waals surface area contributed by atoms with Gasteiger partial charge in [0.25, 0.3) is 5.91 Å². The second-order valence-corrected chi connectivity index (χ2v) is 3.51. The Morgan fingerprint density at radius 3 is 2.69 bits per heavy atom. The van der Waals surface area contributed by atoms with Gasteiger partial charge in [0.15, 0.2) is 0 Å². The molecule has 0 bridgehead atoms. The lowest BCUT2D eigenvalue weighted by Gasteiger charge is -2.21. The number of rotatable bonds is 5. The molecule has 1 heterocycles. The largest absolute Gasteiger partial charge is 0.370 e. The van der Waals surface area contributed by atoms with Crippen molar-refractivity contribution in [2.75, 3.05) is 20.7 Å². The minimum Gasteiger partial charge on any atom is -0.370 e. The van der Waals surface area contributed by atoms with Crippen molar-refractivity contribution in [1.29, 1.82) is 0 Å². The van der Waals surface area contributed by atoms with Gasteiger partial charge in [0.1, 0.15) is 6.10 Å². The molecule has 0 radical (unpaired) electrons. The quantitative estimate of drug-likeness (QED) is 0.763. The summed E-state index contributed by atoms with van der Waals surface area (Å²) in [4.78, 5) is 17.3. The maximum atomic E-state index is 11.8. The molecule has 88 valence electrons. The summed E-state index contributed by atoms with van der Waals surface area (Å²) in [5, 5.41) is 0. The first-order valence-corrected chi connectivity index (χ1v) is 5.05. The molecule has 1 atom stereocenters. The molecular formula is C11H17N3O2. The van der Waals surface area contributed by atoms with Crippen LogP contribution in [-0.2, 0) is 16.1 Å². The van der Waals surface area contributed by atoms with E-state index >= 15 is 0 Å². The molecule has 0 aromatic carbocycles. The number of amides is 1. The maximum absolute atomic E-state index is 11.8. The number of aromatic nitrogens is 1. The van der Waals surface area contributed by atoms with E-state index in [9.17, 15) is 4.79 Å². The van der Waals surface area contributed by atoms with Gasteiger partial charge >= 0.3 is 0 Å². The predicted octanol–water partition coefficient (Wildman–Crippen LogP) is 0.0137. The highest BCUT2D eigenvalue weighted by Gasteiger charge is 2.19. The summed E-state index contributed by atoms with van der Waals surface area (Å²) in [5.74, 6) is -0.109. The zero-order valence-corrected chi connectivity index (χ0v) is 9.59. The molecule has 0 saturated heterocycles. The second kappa shape index (κ2) is 6.19. The summed E-state index contributed by atoms with van der Waals surface area (Å²) < 4.78 is 4.99. The Hall–Kier alpha value is -1.46. The zero-order valence-electron chi connectivity index (χ0n) is 9.59. The number of nitrogens with two attached hydrogens (primary N) is 1. The number of hydrogen-bond donors (Lipinski definition) is 1. The fraction of sp³-hybridized carbons (Fsp3) is 0.455. The summed E-state index contributed by atoms with van der Waals surface area (Å²) in [6.45, 7) is 0.719. The number of hydrogen-bond acceptors (Lipinski definition) is 4. The lowest BCUT2D eigenvalue weighted by molar-refractivity contribution is -0.140. The van der Waals surface area contributed by atoms with Crippen LogP contribution in [0.15, 0.2) is 24.5 Å². The van der Waals surface area contributed by atoms with Crippen LogP contribution in [0.5, 0.6) is 0 Å². The molecule has 0 saturated carbocycles. The van der Waals surface area contributed by atoms with Crippen molar-refractivity contribution in [2.45, 2.75) is 12.6 Å². The number of carbonyl (C=O) groups is 1. The molecule has 1 aromatic rings. The van der Waals surface area contributed by atoms with E-state index in [0.717, 1.165) is 5.56 Å². The first kappa shape index (κ1) is 12.6. The fourth-order valence-corrected chi connectivity index (χ4v) is 1.38. The van der Waals surface area contributed by atoms with Gasteiger partial charge in [-0.2, -0.15) is 0 Å². The smallest absolute Gasteiger partial charge is 0.253 e. The van der Waals surface area contributed by atoms with Crippen LogP contribution in [0.4, 0.5) is 0 Å². The lowest BCUT2D eigenvalue weighted by Crippen LogP contribution is -2.41. The Morgan fingerprint density at radius 2 is 2.19 bits per heavy atom. The minimum absolute atomic E-state index is 0.109. The number of pyridine rings is 1. The Morgan fingerprint density at radius 1 is 1.56 bits per heavy atom. The van der Waals surface area contributed by atoms with Crippen LogP contribution >= 0.6 is 0 Å². The van der Waals surface area contributed by atoms with E-state index in [1.165, 1.54) is 7.11 Å². The Kier molecular flexibility index (Phi) is 4.88. The molecule has 0 aliphatic carbocycles. The SMILES string of the molecule is COC(CN)C(=O)N(C)Cc1ccncc1. The standard InChI is InChI=1S/C11H17N3O2/c1-14(11(15)10(7-12)16-2)8-9-3-5-13-6-4-9/h3-6,10H,7-8,12H2,1-2H3. The summed E-state index contributed by atoms with van der Waals surface area (Å²) in [7, 11) is 3.21. The van der Waals surface area contributed by atoms with Crippen LogP contribution in [-0.4, -0.2) is 42.6 Å². The minimum atomic E-state index is -0.563. The van der Waals surface area contributed by atoms with E-state index in [-0.39, 0.29) is 12.5 Å². The summed E-state index contributed by atoms with van der Waals surface area (Å²) >= 11 is 0. The van der Waals surface area contributed by atoms with Crippen LogP contribution < -0.4 is 5.73 Å². The number of nitrogens with zero attached hydrogens (tertiary/aromatic N) is 2. The Labute approximate surface area is 95.2 Å². The fourth-order valence-electron chi connectivity index (χ4n) is 1.38. The molecule has 16 heavy (non-hydrogen) atoms. The first-order valence-electron chi connectivity index (χ1n) is 5.05. The highest BCUT2D eigenvalue weighted by atomic mass is 16.5. The van der Waals surface area contributed by atoms with Gasteiger partial charge < -0.3 is 15.4 Å². The van der Waals surface area contributed by atoms with Crippen LogP contribution in [0.3, 0.4) is 0 Å². The molecule has 0 aliphatic heterocycles. The van der Waals surface area contributed by atoms with Crippen molar-refractivity contribution in [3.8, 4) is 0 Å². The van der Waals surface area contributed by atoms with Crippen molar-refractivity contribution in [1.82, 2.24) is 9.88 Å². The van der Waals surface area contributed by atoms with Gasteiger partial charge in [-0.3, -0.25) is 9.78 Å². The van der Waals surface area contributed by atoms with Crippen LogP contribution in [0.1, 0.15) is 5.56 Å². The number of likely N-dealkylation sites (N-methyl/N-ethyl adjacent to an activating group) is 1. The molecule has 1 aromatic heterocycles. The highest BCUT2D eigenvalue weighted by Crippen LogP contribution is 2.03. The highest BCUT2D eigenvalue weighted by molar-refractivity contribution is 5.80. The molecule has 2 N–H and O–H groups in total. The third-order valence-corrected chi connectivity index (χ3v) is 2.32. The maximum Gasteiger partial charge on any atom is 0.253 e. The average Bonchev–Trinajstić information content (AvgIpc) is 2.31. The second-order valence-electron chi connectivity index (χ2n) is 3.51. The van der Waals surface area contributed by atoms with Crippen LogP contribution in [0, 0.1) is 0 Å². The molecule has 5 nitrogen and oxygen atoms in total. The van der Waals surface area contributed by atoms with Crippen molar-refractivity contribution >= 4 is 5.91 Å². The first-order chi connectivity index (χ1) is 7.69. The van der Waals surface area contributed by atoms with E-state index in [1.807, 2.05) is 12.1 Å². The van der Waals surface area contributed by atoms with Gasteiger partial charge in [0, 0.05) is 39.6 Å². The van der Waals surface area contributed by atoms with Gasteiger partial charge in [-0.1, -0.05) is 0 Å². The van der Waals surface area contributed by atoms with Crippen molar-refractivity contribution in [2.24, 2.45) is 5.73 Å². The van der Waals surface area contributed by atoms with Gasteiger partial charge in [-0.25, -0.2) is 0 Å². The summed E-state index contributed by atoms with van der Waals surface area (Å²) in [6.07, 6.45) is 2.83. The summed E-state index contributed by atoms with van der Waals surface area (Å²) in [6, 6.07) is 3.74. The third-order valence-electron chi connectivity index (χ3n) is 2.32. The number of carbonyl (C=O) groups excluding carboxylic acids is 1. The molecule has 0 spiro atoms. The Balaban J connectivity index is 2.58. The zero-order chi connectivity index (χ0) is 12.0. The van der Waals surface area contributed by atoms with Gasteiger partial charge in [0.2, 0.25) is 0 Å². The van der Waals surface area contributed by atoms with Crippen molar-refractivity contribution < 1.29 is 9.53 Å². The van der Waals surface area contributed by atoms with E-state index < -0.39 is 6.10 Å². The average molecular weight is 223 g/mol. The van der Waals surface area contributed by atoms with E-state index in [0.29, 0.717) is 6.54 Å². The number of ether oxygens (including phenoxy) is 1. The van der Waals surface area contributed by atoms with Crippen LogP contribution in [0.25, 0.3) is 0 Å². The molecule has 1 unspecified atom stereocenters. The summed E-state index contributed by atoms with van der Waals surface area (Å²) in [5.41, 5.74) is 6.46. The number of methoxy groups -OCH3 is 1. The Bertz CT molecular complexity index is 325. The molecular weight excluding hydrogens is 206 g/mol. The molecule has 1 rings (SSSR count). The molecule has 1 amide bonds. The van der Waals surface area contributed by atoms with E-state index in [2.05, 4.69) is 4.98 Å². The van der Waals surface area contributed by atoms with Gasteiger partial charge in [-0.05, 0) is 17.7 Å². The van der Waals surface area contributed by atoms with Crippen molar-refractivity contribution in [3.63, 3.8) is 0 Å². The normalized spacial score (nSPS) is 12.2. The monoisotopic (exact) mass is 223 g/mol. The predicted molar refractivity (Wildman–Crippen MR) is 60.6 cm³/mol. The van der Waals surface area contributed by atoms with E-state index in [4.69, 9.17) is 10.5 Å². The van der Waals surface area contributed by atoms with Gasteiger partial charge in [0.05, 0.1) is 0 Å². The molecule has 0 fully saturated rings. The van der Waals surface area contributed by atoms with Crippen LogP contribution in [0.2, 0.25) is 0 Å². The third kappa shape index (κ3) is 3.29. The van der Waals surface area contributed by atoms with E-state index in [1.54, 1.807) is 24.3 Å². The van der Waals surface area contributed by atoms with Crippen molar-refractivity contribution in [3.05, 3.63) is 30.1 Å². The topological polar surface area (TPSA) is 68.5 Å².